The second kappa shape index (κ2) is 27.0. The average Bonchev–Trinajstić information content (AvgIpc) is 1.54. The normalized spacial score (nSPS) is 11.7. The number of benzene rings is 16. The van der Waals surface area contributed by atoms with Gasteiger partial charge in [0.05, 0.1) is 72.0 Å². The summed E-state index contributed by atoms with van der Waals surface area (Å²) in [5, 5.41) is 34.7. The van der Waals surface area contributed by atoms with E-state index in [-0.39, 0.29) is 0 Å². The van der Waals surface area contributed by atoms with Crippen LogP contribution in [-0.2, 0) is 0 Å². The van der Waals surface area contributed by atoms with Crippen LogP contribution in [0.1, 0.15) is 11.1 Å². The summed E-state index contributed by atoms with van der Waals surface area (Å²) in [6.45, 7) is 0. The molecule has 0 bridgehead atoms. The Balaban J connectivity index is 0.000000138. The maximum absolute atomic E-state index is 10.8. The number of nitrogens with zero attached hydrogens (tertiary/aromatic N) is 12. The first-order valence-corrected chi connectivity index (χ1v) is 39.0. The molecule has 24 aromatic rings. The molecule has 0 radical (unpaired) electrons. The summed E-state index contributed by atoms with van der Waals surface area (Å²) >= 11 is 0. The molecule has 16 aromatic carbocycles. The van der Waals surface area contributed by atoms with Gasteiger partial charge in [0.2, 0.25) is 0 Å². The first kappa shape index (κ1) is 67.1. The highest BCUT2D eigenvalue weighted by atomic mass is 16.3. The minimum Gasteiger partial charge on any atom is -0.455 e. The number of furan rings is 2. The fraction of sp³-hybridized carbons (Fsp3) is 0. The zero-order valence-corrected chi connectivity index (χ0v) is 62.8. The second-order valence-corrected chi connectivity index (χ2v) is 29.4. The van der Waals surface area contributed by atoms with Gasteiger partial charge in [-0.2, -0.15) is 10.5 Å². The van der Waals surface area contributed by atoms with Crippen molar-refractivity contribution in [3.63, 3.8) is 0 Å². The van der Waals surface area contributed by atoms with Gasteiger partial charge in [0, 0.05) is 104 Å². The van der Waals surface area contributed by atoms with Crippen LogP contribution in [0.2, 0.25) is 0 Å². The number of para-hydroxylation sites is 6. The van der Waals surface area contributed by atoms with E-state index in [1.54, 1.807) is 0 Å². The van der Waals surface area contributed by atoms with Crippen LogP contribution in [0.4, 0.5) is 0 Å². The Morgan fingerprint density at radius 1 is 0.220 bits per heavy atom. The third kappa shape index (κ3) is 10.6. The lowest BCUT2D eigenvalue weighted by Crippen LogP contribution is -2.02. The van der Waals surface area contributed by atoms with Crippen molar-refractivity contribution < 1.29 is 8.83 Å². The van der Waals surface area contributed by atoms with Crippen LogP contribution in [0.3, 0.4) is 0 Å². The molecular formula is C104H60N12O2. The van der Waals surface area contributed by atoms with E-state index < -0.39 is 0 Å². The lowest BCUT2D eigenvalue weighted by molar-refractivity contribution is 0.671. The molecule has 118 heavy (non-hydrogen) atoms. The van der Waals surface area contributed by atoms with Crippen LogP contribution in [0.25, 0.3) is 222 Å². The first-order chi connectivity index (χ1) is 58.5. The molecule has 14 heteroatoms. The Bertz CT molecular complexity index is 8200. The van der Waals surface area contributed by atoms with Crippen molar-refractivity contribution in [1.82, 2.24) is 48.2 Å². The lowest BCUT2D eigenvalue weighted by Gasteiger charge is -2.12. The van der Waals surface area contributed by atoms with Gasteiger partial charge in [0.25, 0.3) is 0 Å². The van der Waals surface area contributed by atoms with Gasteiger partial charge < -0.3 is 27.1 Å². The van der Waals surface area contributed by atoms with E-state index in [1.165, 1.54) is 5.39 Å². The van der Waals surface area contributed by atoms with E-state index in [2.05, 4.69) is 212 Å². The van der Waals surface area contributed by atoms with Crippen molar-refractivity contribution >= 4 is 131 Å². The summed E-state index contributed by atoms with van der Waals surface area (Å²) in [6, 6.07) is 128. The number of hydrogen-bond acceptors (Lipinski definition) is 10. The molecule has 0 spiro atoms. The topological polar surface area (TPSA) is 171 Å². The molecule has 8 aromatic heterocycles. The van der Waals surface area contributed by atoms with Crippen molar-refractivity contribution in [2.75, 3.05) is 0 Å². The molecule has 24 rings (SSSR count). The van der Waals surface area contributed by atoms with Gasteiger partial charge in [-0.05, 0) is 127 Å². The Labute approximate surface area is 672 Å². The maximum Gasteiger partial charge on any atom is 0.164 e. The molecule has 0 aliphatic heterocycles. The third-order valence-electron chi connectivity index (χ3n) is 22.8. The van der Waals surface area contributed by atoms with Gasteiger partial charge in [0.15, 0.2) is 40.5 Å². The number of rotatable bonds is 10. The smallest absolute Gasteiger partial charge is 0.164 e. The molecule has 0 atom stereocenters. The molecule has 0 amide bonds. The van der Waals surface area contributed by atoms with E-state index in [0.29, 0.717) is 46.1 Å². The zero-order chi connectivity index (χ0) is 78.1. The van der Waals surface area contributed by atoms with Crippen molar-refractivity contribution in [3.8, 4) is 103 Å². The van der Waals surface area contributed by atoms with Gasteiger partial charge in [-0.1, -0.05) is 237 Å². The van der Waals surface area contributed by atoms with E-state index in [1.807, 2.05) is 182 Å². The maximum atomic E-state index is 10.8. The van der Waals surface area contributed by atoms with E-state index in [0.717, 1.165) is 182 Å². The first-order valence-electron chi connectivity index (χ1n) is 39.0. The van der Waals surface area contributed by atoms with Gasteiger partial charge in [0.1, 0.15) is 28.9 Å². The minimum atomic E-state index is 0.494. The third-order valence-corrected chi connectivity index (χ3v) is 22.8. The molecule has 0 aliphatic carbocycles. The van der Waals surface area contributed by atoms with Crippen LogP contribution >= 0.6 is 0 Å². The van der Waals surface area contributed by atoms with Gasteiger partial charge in [-0.3, -0.25) is 0 Å². The lowest BCUT2D eigenvalue weighted by atomic mass is 10.0. The molecule has 0 fully saturated rings. The molecule has 0 saturated heterocycles. The molecule has 0 N–H and O–H groups in total. The zero-order valence-electron chi connectivity index (χ0n) is 62.8. The monoisotopic (exact) mass is 1510 g/mol. The number of fused-ring (bicyclic) bond motifs is 22. The molecule has 14 nitrogen and oxygen atoms in total. The molecule has 0 unspecified atom stereocenters. The highest BCUT2D eigenvalue weighted by Crippen LogP contribution is 2.49. The van der Waals surface area contributed by atoms with Gasteiger partial charge in [-0.15, -0.1) is 0 Å². The van der Waals surface area contributed by atoms with Crippen LogP contribution in [0, 0.1) is 22.7 Å². The largest absolute Gasteiger partial charge is 0.455 e. The molecule has 548 valence electrons. The minimum absolute atomic E-state index is 0.494. The number of aromatic nitrogens is 10. The van der Waals surface area contributed by atoms with Gasteiger partial charge >= 0.3 is 0 Å². The molecule has 0 aliphatic rings. The Hall–Kier alpha value is -16.7. The van der Waals surface area contributed by atoms with Crippen LogP contribution in [0.5, 0.6) is 0 Å². The fourth-order valence-corrected chi connectivity index (χ4v) is 17.7. The van der Waals surface area contributed by atoms with Crippen molar-refractivity contribution in [1.29, 1.82) is 10.5 Å². The summed E-state index contributed by atoms with van der Waals surface area (Å²) in [5.41, 5.74) is 21.3. The molecule has 0 saturated carbocycles. The Morgan fingerprint density at radius 3 is 0.966 bits per heavy atom. The summed E-state index contributed by atoms with van der Waals surface area (Å²) in [4.78, 5) is 29.5. The quantitative estimate of drug-likeness (QED) is 0.128. The van der Waals surface area contributed by atoms with Crippen LogP contribution in [-0.4, -0.2) is 48.2 Å². The van der Waals surface area contributed by atoms with Crippen molar-refractivity contribution in [2.24, 2.45) is 0 Å². The highest BCUT2D eigenvalue weighted by Gasteiger charge is 2.28. The Morgan fingerprint density at radius 2 is 0.534 bits per heavy atom. The highest BCUT2D eigenvalue weighted by molar-refractivity contribution is 6.33. The number of nitriles is 2. The predicted molar refractivity (Wildman–Crippen MR) is 474 cm³/mol. The van der Waals surface area contributed by atoms with Crippen molar-refractivity contribution in [2.45, 2.75) is 0 Å². The van der Waals surface area contributed by atoms with Crippen LogP contribution in [0.15, 0.2) is 373 Å². The molecular weight excluding hydrogens is 1450 g/mol. The summed E-state index contributed by atoms with van der Waals surface area (Å²) < 4.78 is 22.8. The SMILES string of the molecule is N#Cc1cc(-c2nc(-c3ccccc3)nc(-c3ccccc3)n2)ccc1-n1c2ccccc2c2c3c(ccc21)oc1c3ccc2c1c1ccccc1n2-c1ccccc1.N#Cc1cc(-c2nc(-c3ccccc3)nc(-c3ccccc3)n2)ccc1-n1c2ccccc2c2c3c(ccc21)oc1c3ccc2c3ccccc3n(-c3ccccc3)c21. The standard InChI is InChI=1S/2C52H30N6O/c53-31-35-30-34(52-55-50(32-14-4-1-5-15-32)54-51(56-52)33-16-6-2-7-17-33)24-26-40(35)58-42-23-13-10-20-37(42)46-43(58)28-29-45-48(46)39-25-27-44-47(49(39)59-45)38-21-11-12-22-41(38)57(44)36-18-8-3-9-19-36;53-31-35-30-34(52-55-50(32-14-4-1-5-15-32)54-51(56-52)33-16-6-2-7-17-33)24-27-41(35)58-43-23-13-11-21-39(43)46-44(58)28-29-45-47(46)40-26-25-38-37-20-10-12-22-42(37)57(48(38)49(40)59-45)36-18-8-3-9-19-36/h2*1-30H. The van der Waals surface area contributed by atoms with E-state index in [4.69, 9.17) is 38.7 Å². The fourth-order valence-electron chi connectivity index (χ4n) is 17.7. The summed E-state index contributed by atoms with van der Waals surface area (Å²) in [6.07, 6.45) is 0. The summed E-state index contributed by atoms with van der Waals surface area (Å²) in [5.74, 6) is 3.26. The van der Waals surface area contributed by atoms with E-state index in [9.17, 15) is 10.5 Å². The Kier molecular flexibility index (Phi) is 15.4. The predicted octanol–water partition coefficient (Wildman–Crippen LogP) is 25.7. The van der Waals surface area contributed by atoms with Crippen LogP contribution < -0.4 is 0 Å². The second-order valence-electron chi connectivity index (χ2n) is 29.4. The number of hydrogen-bond donors (Lipinski definition) is 0. The van der Waals surface area contributed by atoms with Gasteiger partial charge in [-0.25, -0.2) is 29.9 Å². The molecule has 8 heterocycles. The average molecular weight is 1510 g/mol. The summed E-state index contributed by atoms with van der Waals surface area (Å²) in [7, 11) is 0. The van der Waals surface area contributed by atoms with Crippen molar-refractivity contribution in [3.05, 3.63) is 375 Å². The van der Waals surface area contributed by atoms with E-state index >= 15 is 0 Å².